The van der Waals surface area contributed by atoms with E-state index in [0.29, 0.717) is 24.6 Å². The largest absolute Gasteiger partial charge is 0.496 e. The molecule has 0 aliphatic heterocycles. The van der Waals surface area contributed by atoms with E-state index in [1.807, 2.05) is 31.0 Å². The number of nitrogens with one attached hydrogen (secondary N) is 1. The molecule has 0 aliphatic carbocycles. The Bertz CT molecular complexity index is 767. The van der Waals surface area contributed by atoms with Crippen molar-refractivity contribution in [2.24, 2.45) is 4.99 Å². The lowest BCUT2D eigenvalue weighted by molar-refractivity contribution is 0.347. The second kappa shape index (κ2) is 11.2. The number of benzene rings is 1. The van der Waals surface area contributed by atoms with E-state index >= 15 is 0 Å². The molecule has 1 heterocycles. The van der Waals surface area contributed by atoms with Crippen molar-refractivity contribution in [2.75, 3.05) is 35.4 Å². The second-order valence-electron chi connectivity index (χ2n) is 5.63. The third kappa shape index (κ3) is 6.13. The average Bonchev–Trinajstić information content (AvgIpc) is 3.06. The predicted octanol–water partition coefficient (Wildman–Crippen LogP) is 3.30. The Morgan fingerprint density at radius 3 is 2.30 bits per heavy atom. The highest BCUT2D eigenvalue weighted by molar-refractivity contribution is 14.0. The minimum atomic E-state index is 0. The van der Waals surface area contributed by atoms with Crippen molar-refractivity contribution in [2.45, 2.75) is 20.0 Å². The number of halogens is 1. The van der Waals surface area contributed by atoms with Crippen LogP contribution in [0.15, 0.2) is 22.5 Å². The van der Waals surface area contributed by atoms with E-state index in [4.69, 9.17) is 14.2 Å². The number of guanidine groups is 1. The summed E-state index contributed by atoms with van der Waals surface area (Å²) >= 11 is 1.65. The molecule has 0 aliphatic rings. The molecular formula is C18H27IN4O3S. The number of aliphatic imine (C=N–C) groups is 1. The lowest BCUT2D eigenvalue weighted by Gasteiger charge is -2.22. The van der Waals surface area contributed by atoms with Crippen LogP contribution in [0.5, 0.6) is 17.2 Å². The van der Waals surface area contributed by atoms with Crippen molar-refractivity contribution in [3.05, 3.63) is 33.8 Å². The van der Waals surface area contributed by atoms with Crippen LogP contribution in [0, 0.1) is 6.92 Å². The molecule has 9 heteroatoms. The number of ether oxygens (including phenoxy) is 3. The van der Waals surface area contributed by atoms with E-state index in [0.717, 1.165) is 28.0 Å². The molecule has 0 radical (unpaired) electrons. The molecular weight excluding hydrogens is 479 g/mol. The molecule has 0 fully saturated rings. The fourth-order valence-electron chi connectivity index (χ4n) is 2.59. The lowest BCUT2D eigenvalue weighted by atomic mass is 10.1. The van der Waals surface area contributed by atoms with Crippen LogP contribution in [0.25, 0.3) is 0 Å². The fraction of sp³-hybridized carbons (Fsp3) is 0.444. The zero-order valence-electron chi connectivity index (χ0n) is 16.5. The van der Waals surface area contributed by atoms with E-state index in [2.05, 4.69) is 20.7 Å². The number of methoxy groups -OCH3 is 3. The first-order chi connectivity index (χ1) is 12.5. The summed E-state index contributed by atoms with van der Waals surface area (Å²) in [6.07, 6.45) is 0. The maximum absolute atomic E-state index is 5.47. The van der Waals surface area contributed by atoms with Gasteiger partial charge in [-0.3, -0.25) is 4.99 Å². The fourth-order valence-corrected chi connectivity index (χ4v) is 3.19. The summed E-state index contributed by atoms with van der Waals surface area (Å²) in [6.45, 7) is 3.23. The molecule has 0 bridgehead atoms. The summed E-state index contributed by atoms with van der Waals surface area (Å²) in [5, 5.41) is 6.48. The van der Waals surface area contributed by atoms with Crippen molar-refractivity contribution in [3.63, 3.8) is 0 Å². The predicted molar refractivity (Wildman–Crippen MR) is 120 cm³/mol. The van der Waals surface area contributed by atoms with Gasteiger partial charge in [-0.05, 0) is 13.0 Å². The van der Waals surface area contributed by atoms with Crippen LogP contribution in [0.3, 0.4) is 0 Å². The summed E-state index contributed by atoms with van der Waals surface area (Å²) in [5.41, 5.74) is 1.98. The highest BCUT2D eigenvalue weighted by atomic mass is 127. The zero-order chi connectivity index (χ0) is 19.1. The van der Waals surface area contributed by atoms with E-state index in [1.54, 1.807) is 39.7 Å². The molecule has 150 valence electrons. The summed E-state index contributed by atoms with van der Waals surface area (Å²) < 4.78 is 16.2. The first-order valence-corrected chi connectivity index (χ1v) is 9.02. The van der Waals surface area contributed by atoms with Crippen LogP contribution in [0.4, 0.5) is 0 Å². The van der Waals surface area contributed by atoms with Gasteiger partial charge in [-0.25, -0.2) is 4.98 Å². The summed E-state index contributed by atoms with van der Waals surface area (Å²) in [6, 6.07) is 3.72. The molecule has 2 rings (SSSR count). The standard InChI is InChI=1S/C18H26N4O3S.HI/c1-12-21-14(11-26-12)10-22(3)18(19-2)20-9-13-7-16(24-5)17(25-6)8-15(13)23-4;/h7-8,11H,9-10H2,1-6H3,(H,19,20);1H. The van der Waals surface area contributed by atoms with Crippen LogP contribution < -0.4 is 19.5 Å². The molecule has 0 spiro atoms. The number of nitrogens with zero attached hydrogens (tertiary/aromatic N) is 3. The summed E-state index contributed by atoms with van der Waals surface area (Å²) in [4.78, 5) is 10.9. The monoisotopic (exact) mass is 506 g/mol. The third-order valence-electron chi connectivity index (χ3n) is 3.86. The molecule has 1 aromatic carbocycles. The first kappa shape index (κ1) is 23.3. The van der Waals surface area contributed by atoms with Crippen LogP contribution in [0.1, 0.15) is 16.3 Å². The number of hydrogen-bond donors (Lipinski definition) is 1. The Morgan fingerprint density at radius 1 is 1.15 bits per heavy atom. The smallest absolute Gasteiger partial charge is 0.194 e. The quantitative estimate of drug-likeness (QED) is 0.353. The van der Waals surface area contributed by atoms with Crippen molar-refractivity contribution in [3.8, 4) is 17.2 Å². The Morgan fingerprint density at radius 2 is 1.78 bits per heavy atom. The van der Waals surface area contributed by atoms with Gasteiger partial charge in [0.2, 0.25) is 0 Å². The minimum Gasteiger partial charge on any atom is -0.496 e. The SMILES string of the molecule is CN=C(NCc1cc(OC)c(OC)cc1OC)N(C)Cc1csc(C)n1.I. The molecule has 1 N–H and O–H groups in total. The van der Waals surface area contributed by atoms with Crippen molar-refractivity contribution in [1.29, 1.82) is 0 Å². The van der Waals surface area contributed by atoms with Gasteiger partial charge in [-0.15, -0.1) is 35.3 Å². The molecule has 0 unspecified atom stereocenters. The van der Waals surface area contributed by atoms with E-state index < -0.39 is 0 Å². The number of aromatic nitrogens is 1. The first-order valence-electron chi connectivity index (χ1n) is 8.14. The Kier molecular flexibility index (Phi) is 9.64. The van der Waals surface area contributed by atoms with Gasteiger partial charge < -0.3 is 24.4 Å². The van der Waals surface area contributed by atoms with Crippen LogP contribution in [-0.2, 0) is 13.1 Å². The van der Waals surface area contributed by atoms with Crippen LogP contribution >= 0.6 is 35.3 Å². The number of hydrogen-bond acceptors (Lipinski definition) is 6. The van der Waals surface area contributed by atoms with Gasteiger partial charge in [0.15, 0.2) is 17.5 Å². The van der Waals surface area contributed by atoms with Gasteiger partial charge in [0.25, 0.3) is 0 Å². The Labute approximate surface area is 181 Å². The van der Waals surface area contributed by atoms with E-state index in [9.17, 15) is 0 Å². The highest BCUT2D eigenvalue weighted by Crippen LogP contribution is 2.34. The van der Waals surface area contributed by atoms with Gasteiger partial charge in [-0.1, -0.05) is 0 Å². The van der Waals surface area contributed by atoms with Crippen LogP contribution in [-0.4, -0.2) is 51.3 Å². The van der Waals surface area contributed by atoms with Gasteiger partial charge >= 0.3 is 0 Å². The van der Waals surface area contributed by atoms with Crippen molar-refractivity contribution < 1.29 is 14.2 Å². The molecule has 27 heavy (non-hydrogen) atoms. The maximum Gasteiger partial charge on any atom is 0.194 e. The summed E-state index contributed by atoms with van der Waals surface area (Å²) in [5.74, 6) is 2.79. The molecule has 0 atom stereocenters. The van der Waals surface area contributed by atoms with E-state index in [-0.39, 0.29) is 24.0 Å². The average molecular weight is 506 g/mol. The topological polar surface area (TPSA) is 68.2 Å². The second-order valence-corrected chi connectivity index (χ2v) is 6.70. The number of thiazole rings is 1. The maximum atomic E-state index is 5.47. The van der Waals surface area contributed by atoms with Crippen LogP contribution in [0.2, 0.25) is 0 Å². The van der Waals surface area contributed by atoms with Crippen molar-refractivity contribution >= 4 is 41.3 Å². The van der Waals surface area contributed by atoms with E-state index in [1.165, 1.54) is 0 Å². The van der Waals surface area contributed by atoms with Gasteiger partial charge in [0.1, 0.15) is 5.75 Å². The van der Waals surface area contributed by atoms with Crippen molar-refractivity contribution in [1.82, 2.24) is 15.2 Å². The third-order valence-corrected chi connectivity index (χ3v) is 4.68. The lowest BCUT2D eigenvalue weighted by Crippen LogP contribution is -2.38. The molecule has 0 amide bonds. The Balaban J connectivity index is 0.00000364. The molecule has 2 aromatic rings. The Hall–Kier alpha value is -1.75. The summed E-state index contributed by atoms with van der Waals surface area (Å²) in [7, 11) is 8.60. The van der Waals surface area contributed by atoms with Gasteiger partial charge in [0.05, 0.1) is 38.6 Å². The molecule has 0 saturated heterocycles. The number of rotatable bonds is 7. The van der Waals surface area contributed by atoms with Gasteiger partial charge in [-0.2, -0.15) is 0 Å². The minimum absolute atomic E-state index is 0. The molecule has 0 saturated carbocycles. The van der Waals surface area contributed by atoms with Gasteiger partial charge in [0, 0.05) is 37.6 Å². The normalized spacial score (nSPS) is 10.8. The molecule has 1 aromatic heterocycles. The number of aryl methyl sites for hydroxylation is 1. The highest BCUT2D eigenvalue weighted by Gasteiger charge is 2.14. The molecule has 7 nitrogen and oxygen atoms in total. The zero-order valence-corrected chi connectivity index (χ0v) is 19.7.